The average molecular weight is 254 g/mol. The molecule has 0 spiro atoms. The molecule has 0 aromatic heterocycles. The molecule has 0 atom stereocenters. The van der Waals surface area contributed by atoms with Crippen molar-refractivity contribution in [2.45, 2.75) is 19.4 Å². The van der Waals surface area contributed by atoms with Crippen LogP contribution < -0.4 is 10.6 Å². The summed E-state index contributed by atoms with van der Waals surface area (Å²) in [6.07, 6.45) is 2.34. The second-order valence-corrected chi connectivity index (χ2v) is 5.05. The maximum absolute atomic E-state index is 9.47. The second kappa shape index (κ2) is 4.84. The van der Waals surface area contributed by atoms with Crippen LogP contribution in [0.4, 0.5) is 11.4 Å². The number of nitrogen functional groups attached to an aromatic ring is 1. The zero-order valence-corrected chi connectivity index (χ0v) is 10.8. The minimum Gasteiger partial charge on any atom is -0.506 e. The van der Waals surface area contributed by atoms with E-state index in [1.807, 2.05) is 12.1 Å². The molecule has 0 saturated carbocycles. The molecule has 0 fully saturated rings. The summed E-state index contributed by atoms with van der Waals surface area (Å²) in [6.45, 7) is 1.90. The molecule has 0 aliphatic carbocycles. The Bertz CT molecular complexity index is 595. The summed E-state index contributed by atoms with van der Waals surface area (Å²) in [5, 5.41) is 9.47. The third-order valence-corrected chi connectivity index (χ3v) is 3.67. The van der Waals surface area contributed by atoms with E-state index in [1.165, 1.54) is 17.7 Å². The fourth-order valence-electron chi connectivity index (χ4n) is 2.70. The van der Waals surface area contributed by atoms with Crippen LogP contribution in [0.1, 0.15) is 17.5 Å². The van der Waals surface area contributed by atoms with Crippen LogP contribution in [-0.2, 0) is 13.0 Å². The number of nitrogens with zero attached hydrogens (tertiary/aromatic N) is 1. The first-order valence-electron chi connectivity index (χ1n) is 6.64. The Kier molecular flexibility index (Phi) is 3.03. The van der Waals surface area contributed by atoms with Gasteiger partial charge in [0.2, 0.25) is 0 Å². The predicted molar refractivity (Wildman–Crippen MR) is 78.3 cm³/mol. The lowest BCUT2D eigenvalue weighted by molar-refractivity contribution is 0.477. The fraction of sp³-hybridized carbons (Fsp3) is 0.250. The molecule has 1 aliphatic rings. The van der Waals surface area contributed by atoms with Crippen LogP contribution in [0.5, 0.6) is 5.75 Å². The first kappa shape index (κ1) is 11.9. The zero-order chi connectivity index (χ0) is 13.2. The number of rotatable bonds is 2. The van der Waals surface area contributed by atoms with Crippen molar-refractivity contribution in [1.82, 2.24) is 0 Å². The molecule has 0 radical (unpaired) electrons. The lowest BCUT2D eigenvalue weighted by Gasteiger charge is -2.31. The highest BCUT2D eigenvalue weighted by Gasteiger charge is 2.16. The molecule has 1 aliphatic heterocycles. The fourth-order valence-corrected chi connectivity index (χ4v) is 2.70. The maximum atomic E-state index is 9.47. The van der Waals surface area contributed by atoms with Crippen molar-refractivity contribution < 1.29 is 5.11 Å². The Morgan fingerprint density at radius 1 is 1.16 bits per heavy atom. The van der Waals surface area contributed by atoms with E-state index in [-0.39, 0.29) is 5.75 Å². The van der Waals surface area contributed by atoms with Gasteiger partial charge in [0, 0.05) is 18.8 Å². The van der Waals surface area contributed by atoms with Gasteiger partial charge in [0.1, 0.15) is 5.75 Å². The Balaban J connectivity index is 1.86. The molecule has 19 heavy (non-hydrogen) atoms. The van der Waals surface area contributed by atoms with Crippen LogP contribution >= 0.6 is 0 Å². The van der Waals surface area contributed by atoms with Crippen molar-refractivity contribution in [1.29, 1.82) is 0 Å². The first-order valence-corrected chi connectivity index (χ1v) is 6.64. The monoisotopic (exact) mass is 254 g/mol. The maximum Gasteiger partial charge on any atom is 0.138 e. The molecular weight excluding hydrogens is 236 g/mol. The van der Waals surface area contributed by atoms with Crippen molar-refractivity contribution in [3.05, 3.63) is 53.6 Å². The van der Waals surface area contributed by atoms with Gasteiger partial charge in [-0.15, -0.1) is 0 Å². The van der Waals surface area contributed by atoms with Gasteiger partial charge in [0.25, 0.3) is 0 Å². The summed E-state index contributed by atoms with van der Waals surface area (Å²) in [6, 6.07) is 14.0. The summed E-state index contributed by atoms with van der Waals surface area (Å²) < 4.78 is 0. The molecule has 0 amide bonds. The van der Waals surface area contributed by atoms with E-state index in [9.17, 15) is 5.11 Å². The number of aryl methyl sites for hydroxylation is 1. The molecule has 3 rings (SSSR count). The molecule has 0 unspecified atom stereocenters. The molecule has 3 N–H and O–H groups in total. The van der Waals surface area contributed by atoms with Gasteiger partial charge in [-0.25, -0.2) is 0 Å². The van der Waals surface area contributed by atoms with E-state index >= 15 is 0 Å². The predicted octanol–water partition coefficient (Wildman–Crippen LogP) is 2.93. The SMILES string of the molecule is Nc1cc(CN2CCCc3ccccc32)ccc1O. The number of benzene rings is 2. The summed E-state index contributed by atoms with van der Waals surface area (Å²) in [7, 11) is 0. The first-order chi connectivity index (χ1) is 9.24. The average Bonchev–Trinajstić information content (AvgIpc) is 2.43. The molecule has 1 heterocycles. The van der Waals surface area contributed by atoms with Gasteiger partial charge in [0.15, 0.2) is 0 Å². The van der Waals surface area contributed by atoms with E-state index in [0.29, 0.717) is 5.69 Å². The lowest BCUT2D eigenvalue weighted by atomic mass is 10.0. The summed E-state index contributed by atoms with van der Waals surface area (Å²) in [4.78, 5) is 2.38. The Morgan fingerprint density at radius 2 is 2.00 bits per heavy atom. The Hall–Kier alpha value is -2.16. The number of aromatic hydroxyl groups is 1. The molecule has 3 nitrogen and oxygen atoms in total. The van der Waals surface area contributed by atoms with Gasteiger partial charge >= 0.3 is 0 Å². The van der Waals surface area contributed by atoms with E-state index < -0.39 is 0 Å². The second-order valence-electron chi connectivity index (χ2n) is 5.05. The quantitative estimate of drug-likeness (QED) is 0.640. The smallest absolute Gasteiger partial charge is 0.138 e. The van der Waals surface area contributed by atoms with Crippen molar-refractivity contribution in [2.24, 2.45) is 0 Å². The lowest BCUT2D eigenvalue weighted by Crippen LogP contribution is -2.28. The number of anilines is 2. The van der Waals surface area contributed by atoms with Gasteiger partial charge in [0.05, 0.1) is 5.69 Å². The number of phenolic OH excluding ortho intramolecular Hbond substituents is 1. The summed E-state index contributed by atoms with van der Waals surface area (Å²) in [5.41, 5.74) is 10.1. The standard InChI is InChI=1S/C16H18N2O/c17-14-10-12(7-8-16(14)19)11-18-9-3-5-13-4-1-2-6-15(13)18/h1-2,4,6-8,10,19H,3,5,9,11,17H2. The topological polar surface area (TPSA) is 49.5 Å². The van der Waals surface area contributed by atoms with Crippen LogP contribution in [0.15, 0.2) is 42.5 Å². The van der Waals surface area contributed by atoms with Gasteiger partial charge in [-0.3, -0.25) is 0 Å². The van der Waals surface area contributed by atoms with Gasteiger partial charge < -0.3 is 15.7 Å². The van der Waals surface area contributed by atoms with Crippen LogP contribution in [0.25, 0.3) is 0 Å². The minimum atomic E-state index is 0.155. The number of hydrogen-bond acceptors (Lipinski definition) is 3. The molecule has 0 bridgehead atoms. The molecule has 3 heteroatoms. The van der Waals surface area contributed by atoms with Crippen LogP contribution in [-0.4, -0.2) is 11.7 Å². The molecule has 0 saturated heterocycles. The zero-order valence-electron chi connectivity index (χ0n) is 10.8. The van der Waals surface area contributed by atoms with E-state index in [0.717, 1.165) is 25.1 Å². The number of phenols is 1. The van der Waals surface area contributed by atoms with E-state index in [4.69, 9.17) is 5.73 Å². The number of nitrogens with two attached hydrogens (primary N) is 1. The number of hydrogen-bond donors (Lipinski definition) is 2. The highest BCUT2D eigenvalue weighted by Crippen LogP contribution is 2.29. The van der Waals surface area contributed by atoms with E-state index in [2.05, 4.69) is 29.2 Å². The highest BCUT2D eigenvalue weighted by atomic mass is 16.3. The van der Waals surface area contributed by atoms with Crippen LogP contribution in [0.2, 0.25) is 0 Å². The van der Waals surface area contributed by atoms with Gasteiger partial charge in [-0.05, 0) is 42.2 Å². The highest BCUT2D eigenvalue weighted by molar-refractivity contribution is 5.57. The van der Waals surface area contributed by atoms with Gasteiger partial charge in [-0.1, -0.05) is 24.3 Å². The Labute approximate surface area is 113 Å². The molecular formula is C16H18N2O. The third-order valence-electron chi connectivity index (χ3n) is 3.67. The van der Waals surface area contributed by atoms with Crippen LogP contribution in [0.3, 0.4) is 0 Å². The molecule has 98 valence electrons. The largest absolute Gasteiger partial charge is 0.506 e. The minimum absolute atomic E-state index is 0.155. The van der Waals surface area contributed by atoms with Crippen molar-refractivity contribution in [3.63, 3.8) is 0 Å². The molecule has 2 aromatic rings. The van der Waals surface area contributed by atoms with Crippen molar-refractivity contribution in [3.8, 4) is 5.75 Å². The van der Waals surface area contributed by atoms with Crippen molar-refractivity contribution in [2.75, 3.05) is 17.2 Å². The van der Waals surface area contributed by atoms with Crippen molar-refractivity contribution >= 4 is 11.4 Å². The number of fused-ring (bicyclic) bond motifs is 1. The number of para-hydroxylation sites is 1. The molecule has 2 aromatic carbocycles. The third kappa shape index (κ3) is 2.36. The summed E-state index contributed by atoms with van der Waals surface area (Å²) in [5.74, 6) is 0.155. The van der Waals surface area contributed by atoms with E-state index in [1.54, 1.807) is 6.07 Å². The van der Waals surface area contributed by atoms with Crippen LogP contribution in [0, 0.1) is 0 Å². The Morgan fingerprint density at radius 3 is 2.84 bits per heavy atom. The summed E-state index contributed by atoms with van der Waals surface area (Å²) >= 11 is 0. The normalized spacial score (nSPS) is 14.2. The van der Waals surface area contributed by atoms with Gasteiger partial charge in [-0.2, -0.15) is 0 Å².